The van der Waals surface area contributed by atoms with Crippen molar-refractivity contribution in [2.75, 3.05) is 0 Å². The van der Waals surface area contributed by atoms with Crippen LogP contribution in [0.2, 0.25) is 0 Å². The van der Waals surface area contributed by atoms with E-state index in [1.54, 1.807) is 38.1 Å². The predicted molar refractivity (Wildman–Crippen MR) is 104 cm³/mol. The largest absolute Gasteiger partial charge is 0.457 e. The number of benzene rings is 2. The van der Waals surface area contributed by atoms with E-state index in [0.29, 0.717) is 11.3 Å². The lowest BCUT2D eigenvalue weighted by molar-refractivity contribution is -0.0442. The van der Waals surface area contributed by atoms with Gasteiger partial charge in [-0.25, -0.2) is 0 Å². The van der Waals surface area contributed by atoms with Crippen molar-refractivity contribution in [2.24, 2.45) is 0 Å². The van der Waals surface area contributed by atoms with Gasteiger partial charge in [-0.2, -0.15) is 0 Å². The van der Waals surface area contributed by atoms with Crippen LogP contribution in [-0.2, 0) is 0 Å². The quantitative estimate of drug-likeness (QED) is 0.476. The maximum Gasteiger partial charge on any atom is 0.182 e. The van der Waals surface area contributed by atoms with E-state index in [1.807, 2.05) is 12.2 Å². The second kappa shape index (κ2) is 8.32. The third-order valence-electron chi connectivity index (χ3n) is 3.81. The van der Waals surface area contributed by atoms with Gasteiger partial charge in [0.05, 0.1) is 11.2 Å². The van der Waals surface area contributed by atoms with Gasteiger partial charge in [-0.1, -0.05) is 48.1 Å². The number of hydrogen-bond acceptors (Lipinski definition) is 4. The van der Waals surface area contributed by atoms with E-state index < -0.39 is 11.9 Å². The number of aliphatic hydroxyl groups excluding tert-OH is 1. The van der Waals surface area contributed by atoms with Crippen molar-refractivity contribution >= 4 is 5.57 Å². The molecule has 4 heteroatoms. The van der Waals surface area contributed by atoms with Gasteiger partial charge >= 0.3 is 0 Å². The van der Waals surface area contributed by atoms with Gasteiger partial charge in [-0.15, -0.1) is 0 Å². The Kier molecular flexibility index (Phi) is 6.37. The van der Waals surface area contributed by atoms with Gasteiger partial charge in [0.1, 0.15) is 11.5 Å². The van der Waals surface area contributed by atoms with E-state index in [-0.39, 0.29) is 0 Å². The van der Waals surface area contributed by atoms with Crippen LogP contribution in [0.4, 0.5) is 0 Å². The molecule has 2 aromatic rings. The van der Waals surface area contributed by atoms with Crippen molar-refractivity contribution in [3.8, 4) is 11.5 Å². The molecule has 0 unspecified atom stereocenters. The maximum absolute atomic E-state index is 9.53. The predicted octanol–water partition coefficient (Wildman–Crippen LogP) is 4.50. The molecule has 0 saturated carbocycles. The first kappa shape index (κ1) is 19.9. The molecule has 2 bridgehead atoms. The summed E-state index contributed by atoms with van der Waals surface area (Å²) < 4.78 is 4.98. The number of hydrogen-bond donors (Lipinski definition) is 3. The molecular formula is C22H26O4. The highest BCUT2D eigenvalue weighted by Crippen LogP contribution is 2.39. The average molecular weight is 354 g/mol. The monoisotopic (exact) mass is 354 g/mol. The highest BCUT2D eigenvalue weighted by molar-refractivity contribution is 5.65. The number of ether oxygens (including phenoxy) is 1. The summed E-state index contributed by atoms with van der Waals surface area (Å²) in [6, 6.07) is 13.5. The molecule has 3 N–H and O–H groups in total. The van der Waals surface area contributed by atoms with E-state index in [4.69, 9.17) is 14.9 Å². The molecular weight excluding hydrogens is 328 g/mol. The van der Waals surface area contributed by atoms with Crippen LogP contribution in [0.15, 0.2) is 60.7 Å². The number of allylic oxidation sites excluding steroid dienone is 3. The van der Waals surface area contributed by atoms with Crippen LogP contribution in [0.3, 0.4) is 0 Å². The minimum atomic E-state index is -1.43. The van der Waals surface area contributed by atoms with Crippen LogP contribution in [0.5, 0.6) is 11.5 Å². The van der Waals surface area contributed by atoms with Crippen LogP contribution < -0.4 is 4.74 Å². The van der Waals surface area contributed by atoms with Crippen molar-refractivity contribution in [1.29, 1.82) is 0 Å². The minimum Gasteiger partial charge on any atom is -0.457 e. The molecule has 0 fully saturated rings. The summed E-state index contributed by atoms with van der Waals surface area (Å²) in [4.78, 5) is 0. The van der Waals surface area contributed by atoms with E-state index >= 15 is 0 Å². The zero-order valence-corrected chi connectivity index (χ0v) is 15.6. The number of rotatable bonds is 4. The van der Waals surface area contributed by atoms with E-state index in [9.17, 15) is 5.11 Å². The number of fused-ring (bicyclic) bond motifs is 2. The van der Waals surface area contributed by atoms with Crippen molar-refractivity contribution < 1.29 is 20.1 Å². The Balaban J connectivity index is 0.000000206. The molecule has 4 rings (SSSR count). The first-order chi connectivity index (χ1) is 12.2. The van der Waals surface area contributed by atoms with Crippen molar-refractivity contribution in [2.45, 2.75) is 39.6 Å². The highest BCUT2D eigenvalue weighted by atomic mass is 16.5. The van der Waals surface area contributed by atoms with E-state index in [2.05, 4.69) is 38.1 Å². The zero-order valence-electron chi connectivity index (χ0n) is 15.6. The summed E-state index contributed by atoms with van der Waals surface area (Å²) in [5.74, 6) is 1.34. The Hall–Kier alpha value is -2.40. The molecule has 0 saturated heterocycles. The summed E-state index contributed by atoms with van der Waals surface area (Å²) in [6.45, 7) is 7.69. The lowest BCUT2D eigenvalue weighted by atomic mass is 10.0. The first-order valence-corrected chi connectivity index (χ1v) is 8.49. The fourth-order valence-electron chi connectivity index (χ4n) is 2.36. The van der Waals surface area contributed by atoms with Crippen LogP contribution >= 0.6 is 0 Å². The standard InChI is InChI=1S/C15H20O.C7H6O3/c1-12-7-5-9-14(11-12)13(2)8-6-10-15(3,4)16;8-7(9)5-2-1-4-3-6(5)10-4/h5-11,16H,1-4H3;1-3,7-9H. The molecule has 2 aliphatic rings. The summed E-state index contributed by atoms with van der Waals surface area (Å²) in [5.41, 5.74) is 3.36. The molecule has 0 radical (unpaired) electrons. The van der Waals surface area contributed by atoms with Gasteiger partial charge in [-0.05, 0) is 51.0 Å². The second-order valence-electron chi connectivity index (χ2n) is 6.91. The molecule has 4 nitrogen and oxygen atoms in total. The molecule has 0 amide bonds. The Morgan fingerprint density at radius 1 is 1.12 bits per heavy atom. The van der Waals surface area contributed by atoms with E-state index in [0.717, 1.165) is 5.75 Å². The Bertz CT molecular complexity index is 807. The van der Waals surface area contributed by atoms with Gasteiger partial charge in [0, 0.05) is 6.07 Å². The van der Waals surface area contributed by atoms with Gasteiger partial charge in [0.15, 0.2) is 6.29 Å². The van der Waals surface area contributed by atoms with Crippen molar-refractivity contribution in [1.82, 2.24) is 0 Å². The third kappa shape index (κ3) is 5.85. The van der Waals surface area contributed by atoms with Crippen LogP contribution in [-0.4, -0.2) is 20.9 Å². The smallest absolute Gasteiger partial charge is 0.182 e. The minimum absolute atomic E-state index is 0.426. The second-order valence-corrected chi connectivity index (χ2v) is 6.91. The topological polar surface area (TPSA) is 69.9 Å². The van der Waals surface area contributed by atoms with Gasteiger partial charge in [0.2, 0.25) is 0 Å². The average Bonchev–Trinajstić information content (AvgIpc) is 2.53. The van der Waals surface area contributed by atoms with Gasteiger partial charge in [-0.3, -0.25) is 0 Å². The zero-order chi connectivity index (χ0) is 19.3. The number of aliphatic hydroxyl groups is 3. The van der Waals surface area contributed by atoms with Crippen molar-refractivity contribution in [3.63, 3.8) is 0 Å². The molecule has 0 atom stereocenters. The summed E-state index contributed by atoms with van der Waals surface area (Å²) in [5, 5.41) is 26.9. The lowest BCUT2D eigenvalue weighted by Crippen LogP contribution is -2.13. The molecule has 138 valence electrons. The fourth-order valence-corrected chi connectivity index (χ4v) is 2.36. The summed E-state index contributed by atoms with van der Waals surface area (Å²) >= 11 is 0. The Labute approximate surface area is 154 Å². The van der Waals surface area contributed by atoms with E-state index in [1.165, 1.54) is 16.7 Å². The normalized spacial score (nSPS) is 13.2. The molecule has 2 aromatic carbocycles. The van der Waals surface area contributed by atoms with Gasteiger partial charge < -0.3 is 20.1 Å². The third-order valence-corrected chi connectivity index (χ3v) is 3.81. The number of aryl methyl sites for hydroxylation is 1. The summed E-state index contributed by atoms with van der Waals surface area (Å²) in [6.07, 6.45) is 4.28. The summed E-state index contributed by atoms with van der Waals surface area (Å²) in [7, 11) is 0. The Morgan fingerprint density at radius 2 is 1.81 bits per heavy atom. The molecule has 26 heavy (non-hydrogen) atoms. The molecule has 2 heterocycles. The SMILES string of the molecule is CC(=CC=CC(C)(C)O)c1cccc(C)c1.OC(O)c1ccc2cc1O2. The van der Waals surface area contributed by atoms with Crippen molar-refractivity contribution in [3.05, 3.63) is 77.4 Å². The fraction of sp³-hybridized carbons (Fsp3) is 0.273. The van der Waals surface area contributed by atoms with Crippen LogP contribution in [0.1, 0.15) is 43.8 Å². The molecule has 0 aliphatic carbocycles. The highest BCUT2D eigenvalue weighted by Gasteiger charge is 2.18. The molecule has 2 aliphatic heterocycles. The lowest BCUT2D eigenvalue weighted by Gasteiger charge is -2.20. The molecule has 0 spiro atoms. The first-order valence-electron chi connectivity index (χ1n) is 8.49. The Morgan fingerprint density at radius 3 is 2.27 bits per heavy atom. The van der Waals surface area contributed by atoms with Gasteiger partial charge in [0.25, 0.3) is 0 Å². The maximum atomic E-state index is 9.53. The molecule has 0 aromatic heterocycles. The van der Waals surface area contributed by atoms with Crippen LogP contribution in [0, 0.1) is 6.92 Å². The van der Waals surface area contributed by atoms with Crippen LogP contribution in [0.25, 0.3) is 5.57 Å².